The van der Waals surface area contributed by atoms with Gasteiger partial charge in [-0.15, -0.1) is 0 Å². The van der Waals surface area contributed by atoms with Crippen molar-refractivity contribution < 1.29 is 34.0 Å². The van der Waals surface area contributed by atoms with Gasteiger partial charge in [0.2, 0.25) is 0 Å². The van der Waals surface area contributed by atoms with Gasteiger partial charge in [-0.3, -0.25) is 14.5 Å². The van der Waals surface area contributed by atoms with E-state index < -0.39 is 23.5 Å². The summed E-state index contributed by atoms with van der Waals surface area (Å²) in [4.78, 5) is 30.2. The summed E-state index contributed by atoms with van der Waals surface area (Å²) in [6, 6.07) is 8.78. The number of Topliss-reactive ketones (excluding diaryl/α,β-unsaturated/α-hetero) is 1. The summed E-state index contributed by atoms with van der Waals surface area (Å²) in [6.07, 6.45) is 0.638. The first-order valence-electron chi connectivity index (χ1n) is 11.6. The average Bonchev–Trinajstić information content (AvgIpc) is 3.15. The Labute approximate surface area is 218 Å². The number of halogens is 1. The zero-order valence-electron chi connectivity index (χ0n) is 20.2. The number of benzene rings is 2. The van der Waals surface area contributed by atoms with Crippen LogP contribution in [0.25, 0.3) is 5.76 Å². The van der Waals surface area contributed by atoms with E-state index in [-0.39, 0.29) is 16.9 Å². The molecule has 9 nitrogen and oxygen atoms in total. The molecule has 0 aromatic heterocycles. The molecular weight excluding hydrogens is 532 g/mol. The summed E-state index contributed by atoms with van der Waals surface area (Å²) >= 11 is 3.33. The van der Waals surface area contributed by atoms with Gasteiger partial charge in [-0.1, -0.05) is 22.0 Å². The van der Waals surface area contributed by atoms with Crippen LogP contribution >= 0.6 is 15.9 Å². The number of aliphatic hydroxyl groups is 1. The van der Waals surface area contributed by atoms with Crippen molar-refractivity contribution in [3.8, 4) is 17.2 Å². The summed E-state index contributed by atoms with van der Waals surface area (Å²) in [6.45, 7) is 4.04. The van der Waals surface area contributed by atoms with Crippen molar-refractivity contribution in [2.75, 3.05) is 53.6 Å². The molecule has 0 spiro atoms. The number of ether oxygens (including phenoxy) is 3. The molecule has 2 heterocycles. The maximum Gasteiger partial charge on any atom is 0.295 e. The Morgan fingerprint density at radius 1 is 1.06 bits per heavy atom. The van der Waals surface area contributed by atoms with E-state index in [9.17, 15) is 19.8 Å². The number of phenols is 1. The van der Waals surface area contributed by atoms with Gasteiger partial charge in [0.15, 0.2) is 11.5 Å². The third-order valence-corrected chi connectivity index (χ3v) is 6.95. The van der Waals surface area contributed by atoms with E-state index in [1.54, 1.807) is 24.3 Å². The number of morpholine rings is 1. The molecule has 2 aromatic carbocycles. The number of hydrogen-bond acceptors (Lipinski definition) is 8. The minimum absolute atomic E-state index is 0.0566. The monoisotopic (exact) mass is 560 g/mol. The van der Waals surface area contributed by atoms with Gasteiger partial charge in [0, 0.05) is 30.7 Å². The van der Waals surface area contributed by atoms with Crippen molar-refractivity contribution in [3.63, 3.8) is 0 Å². The Hall–Kier alpha value is -3.08. The first-order chi connectivity index (χ1) is 17.3. The number of rotatable bonds is 8. The number of phenolic OH excluding ortho intramolecular Hbond substituents is 1. The summed E-state index contributed by atoms with van der Waals surface area (Å²) in [7, 11) is 3.02. The highest BCUT2D eigenvalue weighted by Gasteiger charge is 2.46. The largest absolute Gasteiger partial charge is 0.507 e. The molecule has 2 N–H and O–H groups in total. The minimum atomic E-state index is -0.868. The first kappa shape index (κ1) is 26.0. The van der Waals surface area contributed by atoms with E-state index in [2.05, 4.69) is 20.8 Å². The van der Waals surface area contributed by atoms with E-state index in [0.717, 1.165) is 19.6 Å². The molecule has 0 unspecified atom stereocenters. The van der Waals surface area contributed by atoms with Gasteiger partial charge in [0.1, 0.15) is 11.5 Å². The van der Waals surface area contributed by atoms with Crippen LogP contribution in [0, 0.1) is 0 Å². The van der Waals surface area contributed by atoms with Crippen molar-refractivity contribution >= 4 is 33.4 Å². The molecule has 2 aromatic rings. The molecule has 0 saturated carbocycles. The third kappa shape index (κ3) is 5.21. The highest BCUT2D eigenvalue weighted by molar-refractivity contribution is 9.10. The van der Waals surface area contributed by atoms with Crippen molar-refractivity contribution in [2.45, 2.75) is 12.5 Å². The smallest absolute Gasteiger partial charge is 0.295 e. The molecule has 36 heavy (non-hydrogen) atoms. The molecule has 192 valence electrons. The second kappa shape index (κ2) is 11.3. The zero-order valence-corrected chi connectivity index (χ0v) is 21.8. The molecule has 4 rings (SSSR count). The first-order valence-corrected chi connectivity index (χ1v) is 12.4. The lowest BCUT2D eigenvalue weighted by molar-refractivity contribution is -0.140. The van der Waals surface area contributed by atoms with Crippen molar-refractivity contribution in [1.29, 1.82) is 0 Å². The Bertz CT molecular complexity index is 1180. The lowest BCUT2D eigenvalue weighted by atomic mass is 9.94. The van der Waals surface area contributed by atoms with Gasteiger partial charge in [0.25, 0.3) is 11.7 Å². The highest BCUT2D eigenvalue weighted by Crippen LogP contribution is 2.43. The normalized spacial score (nSPS) is 20.1. The number of nitrogens with zero attached hydrogens (tertiary/aromatic N) is 2. The molecule has 0 bridgehead atoms. The number of methoxy groups -OCH3 is 2. The summed E-state index contributed by atoms with van der Waals surface area (Å²) < 4.78 is 16.8. The van der Waals surface area contributed by atoms with Crippen LogP contribution in [0.1, 0.15) is 23.6 Å². The molecule has 2 saturated heterocycles. The summed E-state index contributed by atoms with van der Waals surface area (Å²) in [5.41, 5.74) is 0.544. The Kier molecular flexibility index (Phi) is 8.17. The van der Waals surface area contributed by atoms with Gasteiger partial charge in [-0.2, -0.15) is 0 Å². The Morgan fingerprint density at radius 2 is 1.78 bits per heavy atom. The van der Waals surface area contributed by atoms with Crippen LogP contribution in [-0.2, 0) is 14.3 Å². The second-order valence-corrected chi connectivity index (χ2v) is 9.49. The number of aliphatic hydroxyl groups excluding tert-OH is 1. The Balaban J connectivity index is 1.75. The fraction of sp³-hybridized carbons (Fsp3) is 0.385. The number of carbonyl (C=O) groups is 2. The molecular formula is C26H29BrN2O7. The maximum atomic E-state index is 13.3. The van der Waals surface area contributed by atoms with E-state index in [4.69, 9.17) is 14.2 Å². The topological polar surface area (TPSA) is 109 Å². The summed E-state index contributed by atoms with van der Waals surface area (Å²) in [5.74, 6) is -1.23. The number of amides is 1. The lowest BCUT2D eigenvalue weighted by Crippen LogP contribution is -2.39. The minimum Gasteiger partial charge on any atom is -0.507 e. The van der Waals surface area contributed by atoms with Crippen LogP contribution in [-0.4, -0.2) is 85.3 Å². The van der Waals surface area contributed by atoms with E-state index in [0.29, 0.717) is 47.7 Å². The standard InChI is InChI=1S/C26H29BrN2O7/c1-34-20-7-4-16(14-21(20)35-2)23-22(24(31)18-15-17(27)5-6-19(18)30)25(32)26(33)29(23)9-3-8-28-10-12-36-13-11-28/h4-7,14-15,23,30-31H,3,8-13H2,1-2H3/t23-/m0/s1. The molecule has 0 aliphatic carbocycles. The quantitative estimate of drug-likeness (QED) is 0.287. The second-order valence-electron chi connectivity index (χ2n) is 8.58. The van der Waals surface area contributed by atoms with Crippen LogP contribution in [0.2, 0.25) is 0 Å². The van der Waals surface area contributed by atoms with Crippen molar-refractivity contribution in [3.05, 3.63) is 57.6 Å². The molecule has 1 atom stereocenters. The molecule has 2 fully saturated rings. The van der Waals surface area contributed by atoms with Crippen molar-refractivity contribution in [1.82, 2.24) is 9.80 Å². The molecule has 2 aliphatic rings. The predicted octanol–water partition coefficient (Wildman–Crippen LogP) is 3.32. The lowest BCUT2D eigenvalue weighted by Gasteiger charge is -2.29. The zero-order chi connectivity index (χ0) is 25.8. The Morgan fingerprint density at radius 3 is 2.47 bits per heavy atom. The van der Waals surface area contributed by atoms with Crippen LogP contribution in [0.3, 0.4) is 0 Å². The highest BCUT2D eigenvalue weighted by atomic mass is 79.9. The van der Waals surface area contributed by atoms with Gasteiger partial charge in [0.05, 0.1) is 44.6 Å². The molecule has 0 radical (unpaired) electrons. The fourth-order valence-electron chi connectivity index (χ4n) is 4.61. The maximum absolute atomic E-state index is 13.3. The number of hydrogen-bond donors (Lipinski definition) is 2. The van der Waals surface area contributed by atoms with Crippen LogP contribution in [0.5, 0.6) is 17.2 Å². The number of aromatic hydroxyl groups is 1. The van der Waals surface area contributed by atoms with E-state index in [1.807, 2.05) is 0 Å². The number of likely N-dealkylation sites (tertiary alicyclic amines) is 1. The van der Waals surface area contributed by atoms with E-state index >= 15 is 0 Å². The summed E-state index contributed by atoms with van der Waals surface area (Å²) in [5, 5.41) is 21.6. The van der Waals surface area contributed by atoms with Gasteiger partial charge in [-0.25, -0.2) is 0 Å². The van der Waals surface area contributed by atoms with Crippen LogP contribution in [0.4, 0.5) is 0 Å². The molecule has 1 amide bonds. The molecule has 2 aliphatic heterocycles. The van der Waals surface area contributed by atoms with Gasteiger partial charge < -0.3 is 29.3 Å². The van der Waals surface area contributed by atoms with Crippen molar-refractivity contribution in [2.24, 2.45) is 0 Å². The fourth-order valence-corrected chi connectivity index (χ4v) is 4.97. The van der Waals surface area contributed by atoms with Crippen LogP contribution < -0.4 is 9.47 Å². The number of carbonyl (C=O) groups excluding carboxylic acids is 2. The number of ketones is 1. The van der Waals surface area contributed by atoms with Gasteiger partial charge >= 0.3 is 0 Å². The SMILES string of the molecule is COc1ccc([C@H]2C(=C(O)c3cc(Br)ccc3O)C(=O)C(=O)N2CCCN2CCOCC2)cc1OC. The predicted molar refractivity (Wildman–Crippen MR) is 136 cm³/mol. The molecule has 10 heteroatoms. The van der Waals surface area contributed by atoms with E-state index in [1.165, 1.54) is 31.3 Å². The van der Waals surface area contributed by atoms with Crippen LogP contribution in [0.15, 0.2) is 46.4 Å². The third-order valence-electron chi connectivity index (χ3n) is 6.45. The average molecular weight is 561 g/mol. The van der Waals surface area contributed by atoms with Gasteiger partial charge in [-0.05, 0) is 42.3 Å².